The number of carbonyl (C=O) groups excluding carboxylic acids is 2. The first-order chi connectivity index (χ1) is 21.8. The number of benzene rings is 2. The number of carbonyl (C=O) groups is 3. The number of ether oxygens (including phenoxy) is 2. The number of rotatable bonds is 5. The summed E-state index contributed by atoms with van der Waals surface area (Å²) in [5.41, 5.74) is 3.97. The van der Waals surface area contributed by atoms with Crippen LogP contribution in [-0.2, 0) is 22.7 Å². The van der Waals surface area contributed by atoms with E-state index in [2.05, 4.69) is 15.6 Å². The molecule has 0 spiro atoms. The summed E-state index contributed by atoms with van der Waals surface area (Å²) in [6, 6.07) is 14.5. The van der Waals surface area contributed by atoms with Crippen LogP contribution in [0.15, 0.2) is 59.4 Å². The third kappa shape index (κ3) is 9.09. The van der Waals surface area contributed by atoms with Crippen LogP contribution in [0.3, 0.4) is 0 Å². The third-order valence-electron chi connectivity index (χ3n) is 6.93. The summed E-state index contributed by atoms with van der Waals surface area (Å²) in [6.45, 7) is 5.86. The number of nitrogens with one attached hydrogen (secondary N) is 2. The van der Waals surface area contributed by atoms with Gasteiger partial charge >= 0.3 is 0 Å². The van der Waals surface area contributed by atoms with E-state index in [0.29, 0.717) is 54.9 Å². The second-order valence-electron chi connectivity index (χ2n) is 10.4. The van der Waals surface area contributed by atoms with Gasteiger partial charge in [0.05, 0.1) is 37.4 Å². The highest BCUT2D eigenvalue weighted by molar-refractivity contribution is 7.07. The number of amides is 2. The minimum absolute atomic E-state index is 0.0339. The number of hydrogen-bond donors (Lipinski definition) is 3. The van der Waals surface area contributed by atoms with Crippen LogP contribution in [0.25, 0.3) is 11.4 Å². The zero-order valence-corrected chi connectivity index (χ0v) is 26.2. The van der Waals surface area contributed by atoms with Gasteiger partial charge in [0, 0.05) is 36.1 Å². The quantitative estimate of drug-likeness (QED) is 0.278. The van der Waals surface area contributed by atoms with E-state index in [9.17, 15) is 9.59 Å². The van der Waals surface area contributed by atoms with E-state index in [4.69, 9.17) is 29.5 Å². The van der Waals surface area contributed by atoms with Crippen LogP contribution in [0.5, 0.6) is 11.5 Å². The molecule has 0 saturated carbocycles. The van der Waals surface area contributed by atoms with Gasteiger partial charge in [-0.1, -0.05) is 44.2 Å². The molecule has 13 nitrogen and oxygen atoms in total. The second kappa shape index (κ2) is 16.3. The molecule has 1 aliphatic heterocycles. The molecular formula is C31H37N7O6S. The molecule has 3 heterocycles. The minimum Gasteiger partial charge on any atom is -0.493 e. The van der Waals surface area contributed by atoms with Crippen LogP contribution in [0, 0.1) is 5.92 Å². The Bertz CT molecular complexity index is 1550. The van der Waals surface area contributed by atoms with Gasteiger partial charge in [-0.25, -0.2) is 14.6 Å². The van der Waals surface area contributed by atoms with Crippen molar-refractivity contribution in [2.24, 2.45) is 5.92 Å². The highest BCUT2D eigenvalue weighted by atomic mass is 32.1. The smallest absolute Gasteiger partial charge is 0.290 e. The standard InChI is InChI=1S/C30H35N7O4S.CH2O2/c1-20(2)27-29-34-28(21-7-5-4-6-8-21)35-37(29)13-14-41-25-15-22(9-10-24(25)40-3)30(39)31-11-12-36(17-26(38)33-27)16-23-18-42-19-32-23;2-1-3/h4-10,15,18-20,27H,11-14,16-17H2,1-3H3,(H,31,39)(H,33,38);1H,(H,2,3)/t27-;/m1./s1. The van der Waals surface area contributed by atoms with Crippen molar-refractivity contribution >= 4 is 29.6 Å². The van der Waals surface area contributed by atoms with Crippen molar-refractivity contribution in [3.05, 3.63) is 76.5 Å². The van der Waals surface area contributed by atoms with Gasteiger partial charge in [0.1, 0.15) is 6.61 Å². The number of carboxylic acid groups (broad SMARTS) is 1. The van der Waals surface area contributed by atoms with E-state index in [1.807, 2.05) is 54.5 Å². The van der Waals surface area contributed by atoms with Gasteiger partial charge in [0.15, 0.2) is 23.1 Å². The number of nitrogens with zero attached hydrogens (tertiary/aromatic N) is 5. The zero-order chi connectivity index (χ0) is 32.2. The zero-order valence-electron chi connectivity index (χ0n) is 25.4. The first-order valence-electron chi connectivity index (χ1n) is 14.4. The summed E-state index contributed by atoms with van der Waals surface area (Å²) in [4.78, 5) is 46.1. The molecule has 2 bridgehead atoms. The lowest BCUT2D eigenvalue weighted by molar-refractivity contribution is -0.124. The summed E-state index contributed by atoms with van der Waals surface area (Å²) in [7, 11) is 1.56. The Hall–Kier alpha value is -4.82. The molecule has 0 radical (unpaired) electrons. The van der Waals surface area contributed by atoms with Crippen LogP contribution < -0.4 is 20.1 Å². The predicted octanol–water partition coefficient (Wildman–Crippen LogP) is 3.25. The van der Waals surface area contributed by atoms with E-state index in [1.165, 1.54) is 11.3 Å². The first kappa shape index (κ1) is 33.1. The molecule has 3 N–H and O–H groups in total. The fraction of sp³-hybridized carbons (Fsp3) is 0.355. The van der Waals surface area contributed by atoms with Crippen LogP contribution in [0.2, 0.25) is 0 Å². The van der Waals surface area contributed by atoms with Gasteiger partial charge in [-0.2, -0.15) is 5.10 Å². The molecule has 0 unspecified atom stereocenters. The number of hydrogen-bond acceptors (Lipinski definition) is 10. The SMILES string of the molecule is COc1ccc2cc1OCCn1nc(-c3ccccc3)nc1[C@@H](C(C)C)NC(=O)CN(Cc1cscn1)CCNC2=O.O=CO. The number of thiazole rings is 1. The monoisotopic (exact) mass is 635 g/mol. The number of methoxy groups -OCH3 is 1. The highest BCUT2D eigenvalue weighted by Gasteiger charge is 2.27. The topological polar surface area (TPSA) is 161 Å². The summed E-state index contributed by atoms with van der Waals surface area (Å²) in [5, 5.41) is 19.8. The summed E-state index contributed by atoms with van der Waals surface area (Å²) in [6.07, 6.45) is 0. The molecule has 2 aromatic carbocycles. The fourth-order valence-electron chi connectivity index (χ4n) is 4.77. The van der Waals surface area contributed by atoms with Gasteiger partial charge in [-0.05, 0) is 24.1 Å². The van der Waals surface area contributed by atoms with Crippen LogP contribution in [0.1, 0.15) is 41.8 Å². The summed E-state index contributed by atoms with van der Waals surface area (Å²) < 4.78 is 13.4. The van der Waals surface area contributed by atoms with Crippen molar-refractivity contribution in [2.45, 2.75) is 33.0 Å². The minimum atomic E-state index is -0.392. The Kier molecular flexibility index (Phi) is 12.0. The molecule has 4 aromatic rings. The van der Waals surface area contributed by atoms with Crippen molar-refractivity contribution < 1.29 is 29.0 Å². The normalized spacial score (nSPS) is 16.2. The Morgan fingerprint density at radius 2 is 1.93 bits per heavy atom. The Balaban J connectivity index is 0.00000148. The van der Waals surface area contributed by atoms with Crippen LogP contribution in [-0.4, -0.2) is 81.4 Å². The molecule has 2 aromatic heterocycles. The molecule has 5 rings (SSSR count). The molecule has 1 atom stereocenters. The van der Waals surface area contributed by atoms with Crippen molar-refractivity contribution in [1.82, 2.24) is 35.3 Å². The average molecular weight is 636 g/mol. The molecule has 238 valence electrons. The number of fused-ring (bicyclic) bond motifs is 3. The summed E-state index contributed by atoms with van der Waals surface area (Å²) in [5.74, 6) is 1.84. The molecule has 0 saturated heterocycles. The molecular weight excluding hydrogens is 598 g/mol. The van der Waals surface area contributed by atoms with Gasteiger partial charge in [0.2, 0.25) is 5.91 Å². The lowest BCUT2D eigenvalue weighted by atomic mass is 10.0. The Morgan fingerprint density at radius 3 is 2.62 bits per heavy atom. The van der Waals surface area contributed by atoms with Crippen molar-refractivity contribution in [3.8, 4) is 22.9 Å². The Labute approximate surface area is 265 Å². The first-order valence-corrected chi connectivity index (χ1v) is 15.3. The lowest BCUT2D eigenvalue weighted by Gasteiger charge is -2.25. The largest absolute Gasteiger partial charge is 0.493 e. The fourth-order valence-corrected chi connectivity index (χ4v) is 5.32. The maximum atomic E-state index is 13.5. The van der Waals surface area contributed by atoms with Crippen LogP contribution in [0.4, 0.5) is 0 Å². The molecule has 45 heavy (non-hydrogen) atoms. The molecule has 14 heteroatoms. The second-order valence-corrected chi connectivity index (χ2v) is 11.2. The summed E-state index contributed by atoms with van der Waals surface area (Å²) >= 11 is 1.50. The molecule has 0 aliphatic carbocycles. The predicted molar refractivity (Wildman–Crippen MR) is 168 cm³/mol. The average Bonchev–Trinajstić information content (AvgIpc) is 3.70. The molecule has 1 aliphatic rings. The van der Waals surface area contributed by atoms with Gasteiger partial charge < -0.3 is 25.2 Å². The van der Waals surface area contributed by atoms with E-state index in [-0.39, 0.29) is 37.4 Å². The van der Waals surface area contributed by atoms with Crippen LogP contribution >= 0.6 is 11.3 Å². The maximum absolute atomic E-state index is 13.5. The lowest BCUT2D eigenvalue weighted by Crippen LogP contribution is -2.43. The van der Waals surface area contributed by atoms with E-state index < -0.39 is 6.04 Å². The van der Waals surface area contributed by atoms with Gasteiger partial charge in [-0.15, -0.1) is 11.3 Å². The third-order valence-corrected chi connectivity index (χ3v) is 7.57. The van der Waals surface area contributed by atoms with E-state index >= 15 is 0 Å². The van der Waals surface area contributed by atoms with Gasteiger partial charge in [0.25, 0.3) is 12.4 Å². The van der Waals surface area contributed by atoms with Crippen molar-refractivity contribution in [2.75, 3.05) is 33.4 Å². The van der Waals surface area contributed by atoms with E-state index in [1.54, 1.807) is 35.5 Å². The molecule has 2 amide bonds. The Morgan fingerprint density at radius 1 is 1.16 bits per heavy atom. The van der Waals surface area contributed by atoms with Crippen molar-refractivity contribution in [3.63, 3.8) is 0 Å². The van der Waals surface area contributed by atoms with Crippen molar-refractivity contribution in [1.29, 1.82) is 0 Å². The number of aromatic nitrogens is 4. The van der Waals surface area contributed by atoms with Gasteiger partial charge in [-0.3, -0.25) is 19.3 Å². The highest BCUT2D eigenvalue weighted by Crippen LogP contribution is 2.29. The molecule has 0 fully saturated rings. The maximum Gasteiger partial charge on any atom is 0.290 e. The van der Waals surface area contributed by atoms with E-state index in [0.717, 1.165) is 11.3 Å².